The molecule has 3 aromatic rings. The standard InChI is InChI=1S/C32H41N5O2/c1-5-37(6-2)18-8-11-31(39)34-30-17-14-26(21-33-30)24-9-7-10-25(19-24)32(22(3)4)29(38)16-15-27-20-28(36-35-27)23-12-13-23/h7-11,14,17,19-23,32H,5-6,12-13,15-16,18H2,1-4H3,(H,35,36)(H,33,34,39)/b11-8+. The number of amides is 1. The van der Waals surface area contributed by atoms with Gasteiger partial charge < -0.3 is 10.2 Å². The summed E-state index contributed by atoms with van der Waals surface area (Å²) >= 11 is 0. The van der Waals surface area contributed by atoms with Crippen molar-refractivity contribution in [3.63, 3.8) is 0 Å². The molecule has 1 atom stereocenters. The Morgan fingerprint density at radius 2 is 1.90 bits per heavy atom. The van der Waals surface area contributed by atoms with Crippen LogP contribution in [-0.2, 0) is 16.0 Å². The van der Waals surface area contributed by atoms with E-state index < -0.39 is 0 Å². The maximum atomic E-state index is 13.4. The summed E-state index contributed by atoms with van der Waals surface area (Å²) < 4.78 is 0. The number of anilines is 1. The highest BCUT2D eigenvalue weighted by molar-refractivity contribution is 5.98. The van der Waals surface area contributed by atoms with Gasteiger partial charge in [-0.2, -0.15) is 5.10 Å². The number of nitrogens with zero attached hydrogens (tertiary/aromatic N) is 3. The highest BCUT2D eigenvalue weighted by Crippen LogP contribution is 2.39. The Hall–Kier alpha value is -3.58. The number of rotatable bonds is 14. The lowest BCUT2D eigenvalue weighted by atomic mass is 9.82. The number of carbonyl (C=O) groups excluding carboxylic acids is 2. The molecule has 7 nitrogen and oxygen atoms in total. The van der Waals surface area contributed by atoms with E-state index in [1.165, 1.54) is 12.8 Å². The van der Waals surface area contributed by atoms with E-state index in [0.29, 0.717) is 24.6 Å². The van der Waals surface area contributed by atoms with Crippen LogP contribution >= 0.6 is 0 Å². The lowest BCUT2D eigenvalue weighted by molar-refractivity contribution is -0.121. The second-order valence-electron chi connectivity index (χ2n) is 10.7. The lowest BCUT2D eigenvalue weighted by Crippen LogP contribution is -2.23. The maximum Gasteiger partial charge on any atom is 0.249 e. The number of aryl methyl sites for hydroxylation is 1. The van der Waals surface area contributed by atoms with E-state index in [9.17, 15) is 9.59 Å². The predicted molar refractivity (Wildman–Crippen MR) is 157 cm³/mol. The van der Waals surface area contributed by atoms with E-state index in [2.05, 4.69) is 65.2 Å². The van der Waals surface area contributed by atoms with Gasteiger partial charge in [0.2, 0.25) is 5.91 Å². The number of aromatic nitrogens is 3. The highest BCUT2D eigenvalue weighted by atomic mass is 16.1. The van der Waals surface area contributed by atoms with E-state index >= 15 is 0 Å². The topological polar surface area (TPSA) is 91.0 Å². The van der Waals surface area contributed by atoms with Crippen LogP contribution in [0, 0.1) is 5.92 Å². The molecule has 1 aliphatic carbocycles. The first-order chi connectivity index (χ1) is 18.9. The molecule has 1 aromatic carbocycles. The Morgan fingerprint density at radius 1 is 1.10 bits per heavy atom. The molecule has 2 heterocycles. The number of ketones is 1. The zero-order valence-corrected chi connectivity index (χ0v) is 23.6. The van der Waals surface area contributed by atoms with E-state index in [-0.39, 0.29) is 23.5 Å². The molecule has 0 spiro atoms. The average molecular weight is 528 g/mol. The molecule has 1 unspecified atom stereocenters. The summed E-state index contributed by atoms with van der Waals surface area (Å²) in [6, 6.07) is 14.0. The number of H-pyrrole nitrogens is 1. The zero-order valence-electron chi connectivity index (χ0n) is 23.6. The summed E-state index contributed by atoms with van der Waals surface area (Å²) in [5, 5.41) is 10.4. The summed E-state index contributed by atoms with van der Waals surface area (Å²) in [5.74, 6) is 1.17. The van der Waals surface area contributed by atoms with Gasteiger partial charge in [0, 0.05) is 48.3 Å². The quantitative estimate of drug-likeness (QED) is 0.246. The second kappa shape index (κ2) is 13.5. The van der Waals surface area contributed by atoms with Crippen LogP contribution < -0.4 is 5.32 Å². The van der Waals surface area contributed by atoms with Crippen LogP contribution in [0.4, 0.5) is 5.82 Å². The Balaban J connectivity index is 1.38. The number of hydrogen-bond donors (Lipinski definition) is 2. The molecular formula is C32H41N5O2. The molecule has 4 rings (SSSR count). The van der Waals surface area contributed by atoms with E-state index in [1.807, 2.05) is 36.4 Å². The molecule has 1 aliphatic rings. The number of hydrogen-bond acceptors (Lipinski definition) is 5. The van der Waals surface area contributed by atoms with Gasteiger partial charge in [0.05, 0.1) is 5.69 Å². The van der Waals surface area contributed by atoms with E-state index in [1.54, 1.807) is 12.3 Å². The van der Waals surface area contributed by atoms with Crippen molar-refractivity contribution in [2.75, 3.05) is 25.0 Å². The van der Waals surface area contributed by atoms with Gasteiger partial charge in [-0.1, -0.05) is 58.0 Å². The summed E-state index contributed by atoms with van der Waals surface area (Å²) in [5.41, 5.74) is 5.13. The number of carbonyl (C=O) groups is 2. The SMILES string of the molecule is CCN(CC)C/C=C/C(=O)Nc1ccc(-c2cccc(C(C(=O)CCc3cc(C4CC4)n[nH]3)C(C)C)c2)cn1. The van der Waals surface area contributed by atoms with Gasteiger partial charge in [-0.3, -0.25) is 14.7 Å². The van der Waals surface area contributed by atoms with Crippen molar-refractivity contribution in [1.29, 1.82) is 0 Å². The van der Waals surface area contributed by atoms with Crippen LogP contribution in [0.3, 0.4) is 0 Å². The van der Waals surface area contributed by atoms with Gasteiger partial charge >= 0.3 is 0 Å². The highest BCUT2D eigenvalue weighted by Gasteiger charge is 2.27. The van der Waals surface area contributed by atoms with Crippen LogP contribution in [0.5, 0.6) is 0 Å². The van der Waals surface area contributed by atoms with Crippen molar-refractivity contribution >= 4 is 17.5 Å². The van der Waals surface area contributed by atoms with Crippen LogP contribution in [0.25, 0.3) is 11.1 Å². The number of aromatic amines is 1. The minimum absolute atomic E-state index is 0.176. The summed E-state index contributed by atoms with van der Waals surface area (Å²) in [7, 11) is 0. The molecule has 1 saturated carbocycles. The first kappa shape index (κ1) is 28.4. The Bertz CT molecular complexity index is 1270. The largest absolute Gasteiger partial charge is 0.307 e. The number of nitrogens with one attached hydrogen (secondary N) is 2. The number of benzene rings is 1. The molecule has 39 heavy (non-hydrogen) atoms. The minimum atomic E-state index is -0.193. The van der Waals surface area contributed by atoms with Crippen molar-refractivity contribution in [1.82, 2.24) is 20.1 Å². The van der Waals surface area contributed by atoms with Crippen molar-refractivity contribution in [2.45, 2.75) is 65.2 Å². The van der Waals surface area contributed by atoms with Gasteiger partial charge in [0.15, 0.2) is 0 Å². The molecule has 206 valence electrons. The molecule has 1 amide bonds. The van der Waals surface area contributed by atoms with Crippen LogP contribution in [-0.4, -0.2) is 51.4 Å². The summed E-state index contributed by atoms with van der Waals surface area (Å²) in [6.07, 6.45) is 8.79. The van der Waals surface area contributed by atoms with Crippen molar-refractivity contribution < 1.29 is 9.59 Å². The van der Waals surface area contributed by atoms with Crippen molar-refractivity contribution in [2.24, 2.45) is 5.92 Å². The third-order valence-electron chi connectivity index (χ3n) is 7.42. The Kier molecular flexibility index (Phi) is 9.82. The molecule has 0 saturated heterocycles. The van der Waals surface area contributed by atoms with Crippen molar-refractivity contribution in [3.8, 4) is 11.1 Å². The van der Waals surface area contributed by atoms with Crippen LogP contribution in [0.1, 0.15) is 75.7 Å². The lowest BCUT2D eigenvalue weighted by Gasteiger charge is -2.21. The minimum Gasteiger partial charge on any atom is -0.307 e. The maximum absolute atomic E-state index is 13.4. The average Bonchev–Trinajstić information content (AvgIpc) is 3.68. The van der Waals surface area contributed by atoms with E-state index in [4.69, 9.17) is 0 Å². The Morgan fingerprint density at radius 3 is 2.56 bits per heavy atom. The molecule has 1 fully saturated rings. The fraction of sp³-hybridized carbons (Fsp3) is 0.438. The monoisotopic (exact) mass is 527 g/mol. The van der Waals surface area contributed by atoms with Gasteiger partial charge in [0.25, 0.3) is 0 Å². The van der Waals surface area contributed by atoms with Gasteiger partial charge in [0.1, 0.15) is 11.6 Å². The van der Waals surface area contributed by atoms with Crippen molar-refractivity contribution in [3.05, 3.63) is 77.8 Å². The number of pyridine rings is 1. The summed E-state index contributed by atoms with van der Waals surface area (Å²) in [4.78, 5) is 32.3. The third kappa shape index (κ3) is 7.96. The molecule has 0 aliphatic heterocycles. The van der Waals surface area contributed by atoms with Gasteiger partial charge in [-0.25, -0.2) is 4.98 Å². The summed E-state index contributed by atoms with van der Waals surface area (Å²) in [6.45, 7) is 11.1. The Labute approximate surface area is 232 Å². The number of likely N-dealkylation sites (N-methyl/N-ethyl adjacent to an activating group) is 1. The molecule has 2 aromatic heterocycles. The van der Waals surface area contributed by atoms with Crippen LogP contribution in [0.2, 0.25) is 0 Å². The smallest absolute Gasteiger partial charge is 0.249 e. The zero-order chi connectivity index (χ0) is 27.8. The predicted octanol–water partition coefficient (Wildman–Crippen LogP) is 6.13. The third-order valence-corrected chi connectivity index (χ3v) is 7.42. The molecular weight excluding hydrogens is 486 g/mol. The molecule has 0 bridgehead atoms. The van der Waals surface area contributed by atoms with Gasteiger partial charge in [-0.15, -0.1) is 0 Å². The second-order valence-corrected chi connectivity index (χ2v) is 10.7. The van der Waals surface area contributed by atoms with Crippen LogP contribution in [0.15, 0.2) is 60.8 Å². The van der Waals surface area contributed by atoms with Gasteiger partial charge in [-0.05, 0) is 67.6 Å². The molecule has 7 heteroatoms. The first-order valence-corrected chi connectivity index (χ1v) is 14.2. The fourth-order valence-corrected chi connectivity index (χ4v) is 4.96. The van der Waals surface area contributed by atoms with E-state index in [0.717, 1.165) is 47.7 Å². The molecule has 0 radical (unpaired) electrons. The molecule has 2 N–H and O–H groups in total. The number of Topliss-reactive ketones (excluding diaryl/α,β-unsaturated/α-hetero) is 1. The normalized spacial score (nSPS) is 14.3. The fourth-order valence-electron chi connectivity index (χ4n) is 4.96. The first-order valence-electron chi connectivity index (χ1n) is 14.2.